The number of aromatic amines is 1. The molecule has 0 aliphatic carbocycles. The predicted molar refractivity (Wildman–Crippen MR) is 63.3 cm³/mol. The molecule has 1 heterocycles. The van der Waals surface area contributed by atoms with Gasteiger partial charge < -0.3 is 4.98 Å². The smallest absolute Gasteiger partial charge is 0.102 e. The van der Waals surface area contributed by atoms with Gasteiger partial charge in [-0.05, 0) is 6.92 Å². The van der Waals surface area contributed by atoms with Crippen molar-refractivity contribution in [3.8, 4) is 39.4 Å². The Bertz CT molecular complexity index is 270. The van der Waals surface area contributed by atoms with Crippen LogP contribution in [0, 0.1) is 77.9 Å². The third-order valence-corrected chi connectivity index (χ3v) is 0.635. The van der Waals surface area contributed by atoms with Crippen molar-refractivity contribution >= 4 is 0 Å². The first-order chi connectivity index (χ1) is 8.89. The molecule has 19 heavy (non-hydrogen) atoms. The summed E-state index contributed by atoms with van der Waals surface area (Å²) in [6, 6.07) is 0. The topological polar surface area (TPSA) is 171 Å². The molecule has 0 aromatic carbocycles. The van der Waals surface area contributed by atoms with Gasteiger partial charge in [-0.1, -0.05) is 0 Å². The van der Waals surface area contributed by atoms with Gasteiger partial charge in [-0.2, -0.15) is 0 Å². The summed E-state index contributed by atoms with van der Waals surface area (Å²) in [7, 11) is 0. The Kier molecular flexibility index (Phi) is 481. The fourth-order valence-corrected chi connectivity index (χ4v) is 0.344. The summed E-state index contributed by atoms with van der Waals surface area (Å²) in [5, 5.41) is 39.0. The van der Waals surface area contributed by atoms with Crippen molar-refractivity contribution in [1.82, 2.24) is 9.97 Å². The first kappa shape index (κ1) is 44.9. The summed E-state index contributed by atoms with van der Waals surface area (Å²) in [6.45, 7) is 22.9. The van der Waals surface area contributed by atoms with Crippen LogP contribution >= 0.6 is 0 Å². The SMILES string of the molecule is C#N.C#N.C#N.C#N.C#N.C#N.Cc1ncc[nH]1.[Fe]. The molecule has 9 heteroatoms. The van der Waals surface area contributed by atoms with Crippen LogP contribution in [0.3, 0.4) is 0 Å². The van der Waals surface area contributed by atoms with Crippen molar-refractivity contribution in [3.05, 3.63) is 18.2 Å². The van der Waals surface area contributed by atoms with Crippen LogP contribution in [-0.2, 0) is 17.1 Å². The molecule has 8 nitrogen and oxygen atoms in total. The molecule has 1 N–H and O–H groups in total. The quantitative estimate of drug-likeness (QED) is 0.707. The summed E-state index contributed by atoms with van der Waals surface area (Å²) in [5.74, 6) is 0.968. The second kappa shape index (κ2) is 204. The van der Waals surface area contributed by atoms with Gasteiger partial charge in [0.25, 0.3) is 0 Å². The predicted octanol–water partition coefficient (Wildman–Crippen LogP) is 1.55. The summed E-state index contributed by atoms with van der Waals surface area (Å²) in [4.78, 5) is 6.75. The number of hydrogen-bond donors (Lipinski definition) is 1. The van der Waals surface area contributed by atoms with Crippen LogP contribution in [0.1, 0.15) is 5.82 Å². The molecule has 0 aliphatic rings. The minimum atomic E-state index is 0. The molecule has 0 aliphatic heterocycles. The van der Waals surface area contributed by atoms with Gasteiger partial charge in [0.2, 0.25) is 0 Å². The van der Waals surface area contributed by atoms with E-state index in [4.69, 9.17) is 31.6 Å². The monoisotopic (exact) mass is 300 g/mol. The number of H-pyrrole nitrogens is 1. The van der Waals surface area contributed by atoms with E-state index in [0.717, 1.165) is 5.82 Å². The van der Waals surface area contributed by atoms with Crippen LogP contribution < -0.4 is 0 Å². The Balaban J connectivity index is -0.0000000195. The molecule has 1 aromatic heterocycles. The van der Waals surface area contributed by atoms with Gasteiger partial charge in [0.15, 0.2) is 0 Å². The number of rotatable bonds is 0. The minimum absolute atomic E-state index is 0. The van der Waals surface area contributed by atoms with E-state index < -0.39 is 0 Å². The van der Waals surface area contributed by atoms with E-state index in [-0.39, 0.29) is 17.1 Å². The Hall–Kier alpha value is -3.33. The first-order valence-electron chi connectivity index (χ1n) is 3.40. The maximum Gasteiger partial charge on any atom is 0.102 e. The van der Waals surface area contributed by atoms with E-state index in [0.29, 0.717) is 0 Å². The van der Waals surface area contributed by atoms with Crippen molar-refractivity contribution in [3.63, 3.8) is 0 Å². The number of nitrogens with zero attached hydrogens (tertiary/aromatic N) is 7. The Morgan fingerprint density at radius 3 is 1.11 bits per heavy atom. The van der Waals surface area contributed by atoms with Gasteiger partial charge in [-0.15, -0.1) is 0 Å². The van der Waals surface area contributed by atoms with Crippen LogP contribution in [0.4, 0.5) is 0 Å². The van der Waals surface area contributed by atoms with E-state index in [1.54, 1.807) is 12.4 Å². The molecule has 1 rings (SSSR count). The summed E-state index contributed by atoms with van der Waals surface area (Å²) in [5.41, 5.74) is 0. The minimum Gasteiger partial charge on any atom is -0.349 e. The third-order valence-electron chi connectivity index (χ3n) is 0.635. The van der Waals surface area contributed by atoms with Crippen LogP contribution in [0.15, 0.2) is 12.4 Å². The van der Waals surface area contributed by atoms with Gasteiger partial charge in [0.05, 0.1) is 0 Å². The molecule has 0 fully saturated rings. The molecule has 0 radical (unpaired) electrons. The van der Waals surface area contributed by atoms with Crippen LogP contribution in [0.25, 0.3) is 0 Å². The zero-order valence-electron chi connectivity index (χ0n) is 10.1. The summed E-state index contributed by atoms with van der Waals surface area (Å²) >= 11 is 0. The molecular formula is C10H12FeN8. The maximum absolute atomic E-state index is 6.50. The molecule has 0 spiro atoms. The van der Waals surface area contributed by atoms with Gasteiger partial charge in [0, 0.05) is 68.9 Å². The number of hydrogen-bond acceptors (Lipinski definition) is 7. The zero-order valence-corrected chi connectivity index (χ0v) is 11.2. The van der Waals surface area contributed by atoms with E-state index in [2.05, 4.69) is 49.4 Å². The molecule has 100 valence electrons. The fourth-order valence-electron chi connectivity index (χ4n) is 0.344. The number of imidazole rings is 1. The largest absolute Gasteiger partial charge is 0.349 e. The second-order valence-electron chi connectivity index (χ2n) is 1.17. The molecule has 0 amide bonds. The van der Waals surface area contributed by atoms with Gasteiger partial charge in [-0.25, -0.2) is 36.6 Å². The standard InChI is InChI=1S/C4H6N2.6CHN.Fe/c1-4-5-2-3-6-4;6*1-2;/h2-3H,1H3,(H,5,6);6*1H;. The zero-order chi connectivity index (χ0) is 16.4. The average molecular weight is 300 g/mol. The fraction of sp³-hybridized carbons (Fsp3) is 0.100. The van der Waals surface area contributed by atoms with Crippen molar-refractivity contribution in [2.75, 3.05) is 0 Å². The molecule has 0 atom stereocenters. The molecular weight excluding hydrogens is 288 g/mol. The molecule has 1 aromatic rings. The van der Waals surface area contributed by atoms with Crippen molar-refractivity contribution in [2.24, 2.45) is 0 Å². The van der Waals surface area contributed by atoms with Gasteiger partial charge >= 0.3 is 0 Å². The van der Waals surface area contributed by atoms with Crippen molar-refractivity contribution in [2.45, 2.75) is 6.92 Å². The van der Waals surface area contributed by atoms with Gasteiger partial charge in [0.1, 0.15) is 5.82 Å². The number of nitrogens with one attached hydrogen (secondary N) is 1. The second-order valence-corrected chi connectivity index (χ2v) is 1.17. The average Bonchev–Trinajstić information content (AvgIpc) is 3.02. The number of aryl methyl sites for hydroxylation is 1. The normalized spacial score (nSPS) is 3.42. The molecule has 0 saturated carbocycles. The van der Waals surface area contributed by atoms with E-state index in [1.165, 1.54) is 0 Å². The van der Waals surface area contributed by atoms with E-state index in [9.17, 15) is 0 Å². The molecule has 0 bridgehead atoms. The van der Waals surface area contributed by atoms with E-state index >= 15 is 0 Å². The summed E-state index contributed by atoms with van der Waals surface area (Å²) < 4.78 is 0. The number of aromatic nitrogens is 2. The third kappa shape index (κ3) is 175. The van der Waals surface area contributed by atoms with Crippen LogP contribution in [0.5, 0.6) is 0 Å². The Labute approximate surface area is 123 Å². The Morgan fingerprint density at radius 2 is 1.05 bits per heavy atom. The first-order valence-corrected chi connectivity index (χ1v) is 3.40. The summed E-state index contributed by atoms with van der Waals surface area (Å²) in [6.07, 6.45) is 3.53. The van der Waals surface area contributed by atoms with Crippen molar-refractivity contribution in [1.29, 1.82) is 31.6 Å². The molecule has 0 saturated heterocycles. The van der Waals surface area contributed by atoms with E-state index in [1.807, 2.05) is 6.92 Å². The molecule has 0 unspecified atom stereocenters. The van der Waals surface area contributed by atoms with Crippen molar-refractivity contribution < 1.29 is 17.1 Å². The number of nitriles is 6. The van der Waals surface area contributed by atoms with Crippen LogP contribution in [-0.4, -0.2) is 9.97 Å². The maximum atomic E-state index is 6.50. The van der Waals surface area contributed by atoms with Gasteiger partial charge in [-0.3, -0.25) is 0 Å². The van der Waals surface area contributed by atoms with Crippen LogP contribution in [0.2, 0.25) is 0 Å². The Morgan fingerprint density at radius 1 is 0.789 bits per heavy atom.